The summed E-state index contributed by atoms with van der Waals surface area (Å²) >= 11 is 0. The Morgan fingerprint density at radius 1 is 0.962 bits per heavy atom. The van der Waals surface area contributed by atoms with Gasteiger partial charge in [-0.05, 0) is 42.3 Å². The van der Waals surface area contributed by atoms with E-state index in [9.17, 15) is 17.6 Å². The van der Waals surface area contributed by atoms with Gasteiger partial charge >= 0.3 is 6.03 Å². The van der Waals surface area contributed by atoms with Crippen LogP contribution in [-0.2, 0) is 28.9 Å². The van der Waals surface area contributed by atoms with Crippen molar-refractivity contribution in [3.63, 3.8) is 0 Å². The minimum Gasteiger partial charge on any atom is -0.334 e. The molecule has 2 aromatic carbocycles. The first kappa shape index (κ1) is 19.9. The van der Waals surface area contributed by atoms with Crippen molar-refractivity contribution in [3.05, 3.63) is 70.5 Å². The second-order valence-electron chi connectivity index (χ2n) is 5.90. The molecule has 8 heteroatoms. The van der Waals surface area contributed by atoms with E-state index in [-0.39, 0.29) is 17.6 Å². The Kier molecular flexibility index (Phi) is 6.70. The Labute approximate surface area is 152 Å². The molecule has 2 amide bonds. The smallest absolute Gasteiger partial charge is 0.315 e. The summed E-state index contributed by atoms with van der Waals surface area (Å²) in [7, 11) is -1.93. The van der Waals surface area contributed by atoms with E-state index in [4.69, 9.17) is 0 Å². The molecule has 0 radical (unpaired) electrons. The van der Waals surface area contributed by atoms with Gasteiger partial charge in [-0.2, -0.15) is 0 Å². The molecule has 6 nitrogen and oxygen atoms in total. The van der Waals surface area contributed by atoms with Crippen LogP contribution in [0.4, 0.5) is 9.18 Å². The molecule has 0 fully saturated rings. The van der Waals surface area contributed by atoms with E-state index in [1.165, 1.54) is 13.1 Å². The van der Waals surface area contributed by atoms with Gasteiger partial charge in [0.15, 0.2) is 0 Å². The SMILES string of the molecule is CNS(=O)(=O)Cc1ccc(CNC(=O)NCc2ccc(F)c(C)c2)cc1. The van der Waals surface area contributed by atoms with Gasteiger partial charge in [0.1, 0.15) is 5.82 Å². The summed E-state index contributed by atoms with van der Waals surface area (Å²) < 4.78 is 38.5. The summed E-state index contributed by atoms with van der Waals surface area (Å²) in [4.78, 5) is 11.9. The number of carbonyl (C=O) groups excluding carboxylic acids is 1. The third kappa shape index (κ3) is 6.12. The lowest BCUT2D eigenvalue weighted by molar-refractivity contribution is 0.240. The molecule has 0 unspecified atom stereocenters. The van der Waals surface area contributed by atoms with Gasteiger partial charge in [-0.1, -0.05) is 36.4 Å². The van der Waals surface area contributed by atoms with Gasteiger partial charge in [-0.3, -0.25) is 0 Å². The summed E-state index contributed by atoms with van der Waals surface area (Å²) in [6, 6.07) is 11.3. The number of rotatable bonds is 7. The molecule has 0 saturated heterocycles. The van der Waals surface area contributed by atoms with Crippen LogP contribution in [0.25, 0.3) is 0 Å². The highest BCUT2D eigenvalue weighted by Crippen LogP contribution is 2.09. The second kappa shape index (κ2) is 8.77. The molecular formula is C18H22FN3O3S. The van der Waals surface area contributed by atoms with Crippen molar-refractivity contribution in [2.75, 3.05) is 7.05 Å². The normalized spacial score (nSPS) is 11.2. The quantitative estimate of drug-likeness (QED) is 0.689. The molecule has 0 heterocycles. The zero-order chi connectivity index (χ0) is 19.2. The number of aryl methyl sites for hydroxylation is 1. The first-order valence-corrected chi connectivity index (χ1v) is 9.70. The summed E-state index contributed by atoms with van der Waals surface area (Å²) in [6.45, 7) is 2.28. The third-order valence-electron chi connectivity index (χ3n) is 3.82. The van der Waals surface area contributed by atoms with Crippen LogP contribution in [-0.4, -0.2) is 21.5 Å². The van der Waals surface area contributed by atoms with Gasteiger partial charge in [-0.15, -0.1) is 0 Å². The predicted molar refractivity (Wildman–Crippen MR) is 98.3 cm³/mol. The molecule has 26 heavy (non-hydrogen) atoms. The highest BCUT2D eigenvalue weighted by atomic mass is 32.2. The Morgan fingerprint density at radius 3 is 2.08 bits per heavy atom. The van der Waals surface area contributed by atoms with Gasteiger partial charge in [0.05, 0.1) is 5.75 Å². The van der Waals surface area contributed by atoms with Crippen molar-refractivity contribution in [1.29, 1.82) is 0 Å². The van der Waals surface area contributed by atoms with Crippen LogP contribution in [0, 0.1) is 12.7 Å². The van der Waals surface area contributed by atoms with E-state index in [0.29, 0.717) is 24.2 Å². The molecule has 0 saturated carbocycles. The van der Waals surface area contributed by atoms with Crippen LogP contribution in [0.2, 0.25) is 0 Å². The van der Waals surface area contributed by atoms with Gasteiger partial charge in [-0.25, -0.2) is 22.3 Å². The number of urea groups is 1. The van der Waals surface area contributed by atoms with E-state index in [1.807, 2.05) is 0 Å². The molecule has 0 aliphatic heterocycles. The van der Waals surface area contributed by atoms with Crippen LogP contribution in [0.3, 0.4) is 0 Å². The molecular weight excluding hydrogens is 357 g/mol. The Bertz CT molecular complexity index is 868. The van der Waals surface area contributed by atoms with Crippen LogP contribution in [0.5, 0.6) is 0 Å². The molecule has 0 aliphatic carbocycles. The topological polar surface area (TPSA) is 87.3 Å². The van der Waals surface area contributed by atoms with Crippen molar-refractivity contribution >= 4 is 16.1 Å². The largest absolute Gasteiger partial charge is 0.334 e. The Balaban J connectivity index is 1.80. The standard InChI is InChI=1S/C18H22FN3O3S/c1-13-9-16(7-8-17(13)19)11-22-18(23)21-10-14-3-5-15(6-4-14)12-26(24,25)20-2/h3-9,20H,10-12H2,1-2H3,(H2,21,22,23). The highest BCUT2D eigenvalue weighted by Gasteiger charge is 2.08. The number of nitrogens with one attached hydrogen (secondary N) is 3. The van der Waals surface area contributed by atoms with Crippen molar-refractivity contribution in [1.82, 2.24) is 15.4 Å². The Morgan fingerprint density at radius 2 is 1.50 bits per heavy atom. The first-order valence-electron chi connectivity index (χ1n) is 8.05. The lowest BCUT2D eigenvalue weighted by Gasteiger charge is -2.09. The van der Waals surface area contributed by atoms with Gasteiger partial charge < -0.3 is 10.6 Å². The van der Waals surface area contributed by atoms with Gasteiger partial charge in [0.25, 0.3) is 0 Å². The maximum atomic E-state index is 13.2. The summed E-state index contributed by atoms with van der Waals surface area (Å²) in [5.41, 5.74) is 2.86. The number of halogens is 1. The minimum atomic E-state index is -3.30. The fourth-order valence-electron chi connectivity index (χ4n) is 2.29. The third-order valence-corrected chi connectivity index (χ3v) is 5.15. The lowest BCUT2D eigenvalue weighted by Crippen LogP contribution is -2.34. The van der Waals surface area contributed by atoms with Crippen LogP contribution in [0.15, 0.2) is 42.5 Å². The molecule has 0 aliphatic rings. The number of amides is 2. The van der Waals surface area contributed by atoms with E-state index in [1.54, 1.807) is 43.3 Å². The van der Waals surface area contributed by atoms with Gasteiger partial charge in [0, 0.05) is 13.1 Å². The molecule has 0 aromatic heterocycles. The van der Waals surface area contributed by atoms with E-state index in [2.05, 4.69) is 15.4 Å². The van der Waals surface area contributed by atoms with E-state index >= 15 is 0 Å². The fourth-order valence-corrected chi connectivity index (χ4v) is 3.06. The van der Waals surface area contributed by atoms with Crippen LogP contribution in [0.1, 0.15) is 22.3 Å². The summed E-state index contributed by atoms with van der Waals surface area (Å²) in [5, 5.41) is 5.43. The predicted octanol–water partition coefficient (Wildman–Crippen LogP) is 2.18. The van der Waals surface area contributed by atoms with Crippen molar-refractivity contribution in [2.24, 2.45) is 0 Å². The fraction of sp³-hybridized carbons (Fsp3) is 0.278. The van der Waals surface area contributed by atoms with E-state index < -0.39 is 10.0 Å². The molecule has 140 valence electrons. The number of carbonyl (C=O) groups is 1. The number of hydrogen-bond donors (Lipinski definition) is 3. The molecule has 2 aromatic rings. The zero-order valence-electron chi connectivity index (χ0n) is 14.7. The second-order valence-corrected chi connectivity index (χ2v) is 7.83. The maximum absolute atomic E-state index is 13.2. The molecule has 0 atom stereocenters. The van der Waals surface area contributed by atoms with Crippen molar-refractivity contribution in [3.8, 4) is 0 Å². The molecule has 2 rings (SSSR count). The highest BCUT2D eigenvalue weighted by molar-refractivity contribution is 7.88. The minimum absolute atomic E-state index is 0.0885. The molecule has 0 spiro atoms. The molecule has 0 bridgehead atoms. The zero-order valence-corrected chi connectivity index (χ0v) is 15.5. The van der Waals surface area contributed by atoms with Crippen molar-refractivity contribution in [2.45, 2.75) is 25.8 Å². The first-order chi connectivity index (χ1) is 12.3. The summed E-state index contributed by atoms with van der Waals surface area (Å²) in [6.07, 6.45) is 0. The van der Waals surface area contributed by atoms with Gasteiger partial charge in [0.2, 0.25) is 10.0 Å². The average molecular weight is 379 g/mol. The number of sulfonamides is 1. The monoisotopic (exact) mass is 379 g/mol. The van der Waals surface area contributed by atoms with Crippen LogP contribution < -0.4 is 15.4 Å². The van der Waals surface area contributed by atoms with E-state index in [0.717, 1.165) is 11.1 Å². The maximum Gasteiger partial charge on any atom is 0.315 e. The average Bonchev–Trinajstić information content (AvgIpc) is 2.62. The molecule has 3 N–H and O–H groups in total. The van der Waals surface area contributed by atoms with Crippen LogP contribution >= 0.6 is 0 Å². The lowest BCUT2D eigenvalue weighted by atomic mass is 10.1. The number of benzene rings is 2. The summed E-state index contributed by atoms with van der Waals surface area (Å²) in [5.74, 6) is -0.362. The number of hydrogen-bond acceptors (Lipinski definition) is 3. The Hall–Kier alpha value is -2.45. The van der Waals surface area contributed by atoms with Crippen molar-refractivity contribution < 1.29 is 17.6 Å².